The normalized spacial score (nSPS) is 21.9. The van der Waals surface area contributed by atoms with Gasteiger partial charge in [0.05, 0.1) is 24.2 Å². The van der Waals surface area contributed by atoms with Crippen LogP contribution in [0.3, 0.4) is 0 Å². The Hall–Kier alpha value is -1.27. The van der Waals surface area contributed by atoms with Crippen LogP contribution in [-0.4, -0.2) is 35.0 Å². The highest BCUT2D eigenvalue weighted by Gasteiger charge is 2.42. The number of fused-ring (bicyclic) bond motifs is 1. The molecular formula is C26H37NO3S. The molecule has 0 aromatic heterocycles. The summed E-state index contributed by atoms with van der Waals surface area (Å²) in [4.78, 5) is 0. The Kier molecular flexibility index (Phi) is 7.81. The van der Waals surface area contributed by atoms with Gasteiger partial charge >= 0.3 is 0 Å². The van der Waals surface area contributed by atoms with Gasteiger partial charge < -0.3 is 9.47 Å². The largest absolute Gasteiger partial charge is 0.353 e. The minimum atomic E-state index is -1.07. The van der Waals surface area contributed by atoms with Crippen LogP contribution < -0.4 is 4.72 Å². The second kappa shape index (κ2) is 10.6. The Morgan fingerprint density at radius 3 is 2.42 bits per heavy atom. The van der Waals surface area contributed by atoms with Crippen LogP contribution in [0, 0.1) is 0 Å². The van der Waals surface area contributed by atoms with E-state index in [0.29, 0.717) is 0 Å². The molecule has 1 N–H and O–H groups in total. The Balaban J connectivity index is 1.67. The van der Waals surface area contributed by atoms with Crippen LogP contribution in [0.2, 0.25) is 0 Å². The first-order valence-corrected chi connectivity index (χ1v) is 13.2. The van der Waals surface area contributed by atoms with Gasteiger partial charge in [0, 0.05) is 16.7 Å². The number of benzene rings is 2. The molecular weight excluding hydrogens is 406 g/mol. The summed E-state index contributed by atoms with van der Waals surface area (Å²) >= 11 is 0. The fraction of sp³-hybridized carbons (Fsp3) is 0.615. The highest BCUT2D eigenvalue weighted by Crippen LogP contribution is 2.44. The SMILES string of the molecule is CC(C)[S@@](=O)NC(CCC1OCCCO1)C1(c2ccc3ccccc3c2)CCCCC1. The first-order chi connectivity index (χ1) is 15.1. The molecule has 0 radical (unpaired) electrons. The van der Waals surface area contributed by atoms with E-state index < -0.39 is 11.0 Å². The second-order valence-electron chi connectivity index (χ2n) is 9.40. The van der Waals surface area contributed by atoms with Gasteiger partial charge in [-0.25, -0.2) is 8.93 Å². The van der Waals surface area contributed by atoms with Gasteiger partial charge in [-0.05, 0) is 62.3 Å². The lowest BCUT2D eigenvalue weighted by Gasteiger charge is -2.45. The summed E-state index contributed by atoms with van der Waals surface area (Å²) in [6, 6.07) is 15.7. The van der Waals surface area contributed by atoms with E-state index in [1.807, 2.05) is 13.8 Å². The Morgan fingerprint density at radius 1 is 1.00 bits per heavy atom. The third-order valence-electron chi connectivity index (χ3n) is 7.01. The first kappa shape index (κ1) is 22.9. The van der Waals surface area contributed by atoms with Crippen molar-refractivity contribution in [1.82, 2.24) is 4.72 Å². The van der Waals surface area contributed by atoms with E-state index in [-0.39, 0.29) is 23.0 Å². The predicted molar refractivity (Wildman–Crippen MR) is 128 cm³/mol. The predicted octanol–water partition coefficient (Wildman–Crippen LogP) is 5.62. The van der Waals surface area contributed by atoms with Crippen molar-refractivity contribution in [3.63, 3.8) is 0 Å². The van der Waals surface area contributed by atoms with Crippen molar-refractivity contribution < 1.29 is 13.7 Å². The van der Waals surface area contributed by atoms with E-state index in [1.165, 1.54) is 35.6 Å². The smallest absolute Gasteiger partial charge is 0.157 e. The Bertz CT molecular complexity index is 872. The molecule has 5 heteroatoms. The van der Waals surface area contributed by atoms with E-state index >= 15 is 0 Å². The highest BCUT2D eigenvalue weighted by atomic mass is 32.2. The van der Waals surface area contributed by atoms with Crippen molar-refractivity contribution in [2.75, 3.05) is 13.2 Å². The molecule has 0 bridgehead atoms. The van der Waals surface area contributed by atoms with Gasteiger partial charge in [-0.3, -0.25) is 0 Å². The zero-order valence-electron chi connectivity index (χ0n) is 19.0. The molecule has 1 saturated heterocycles. The van der Waals surface area contributed by atoms with Crippen LogP contribution in [-0.2, 0) is 25.9 Å². The van der Waals surface area contributed by atoms with E-state index in [2.05, 4.69) is 47.2 Å². The molecule has 2 fully saturated rings. The van der Waals surface area contributed by atoms with Gasteiger partial charge in [0.15, 0.2) is 6.29 Å². The van der Waals surface area contributed by atoms with Crippen molar-refractivity contribution in [2.45, 2.75) is 88.2 Å². The molecule has 0 amide bonds. The van der Waals surface area contributed by atoms with E-state index in [1.54, 1.807) is 0 Å². The molecule has 2 aromatic carbocycles. The molecule has 31 heavy (non-hydrogen) atoms. The zero-order chi connectivity index (χ0) is 21.7. The topological polar surface area (TPSA) is 47.6 Å². The van der Waals surface area contributed by atoms with Gasteiger partial charge in [-0.1, -0.05) is 61.7 Å². The molecule has 2 aromatic rings. The summed E-state index contributed by atoms with van der Waals surface area (Å²) in [6.07, 6.45) is 8.54. The van der Waals surface area contributed by atoms with E-state index in [9.17, 15) is 4.21 Å². The maximum absolute atomic E-state index is 13.0. The number of hydrogen-bond donors (Lipinski definition) is 1. The van der Waals surface area contributed by atoms with Gasteiger partial charge in [-0.15, -0.1) is 0 Å². The maximum atomic E-state index is 13.0. The molecule has 0 spiro atoms. The zero-order valence-corrected chi connectivity index (χ0v) is 19.8. The van der Waals surface area contributed by atoms with Crippen molar-refractivity contribution >= 4 is 21.8 Å². The van der Waals surface area contributed by atoms with E-state index in [0.717, 1.165) is 45.3 Å². The van der Waals surface area contributed by atoms with E-state index in [4.69, 9.17) is 9.47 Å². The van der Waals surface area contributed by atoms with Crippen LogP contribution in [0.1, 0.15) is 70.8 Å². The maximum Gasteiger partial charge on any atom is 0.157 e. The molecule has 2 aliphatic rings. The summed E-state index contributed by atoms with van der Waals surface area (Å²) < 4.78 is 28.2. The lowest BCUT2D eigenvalue weighted by atomic mass is 9.64. The molecule has 1 aliphatic heterocycles. The molecule has 1 unspecified atom stereocenters. The third-order valence-corrected chi connectivity index (χ3v) is 8.38. The Morgan fingerprint density at radius 2 is 1.71 bits per heavy atom. The molecule has 1 saturated carbocycles. The molecule has 4 rings (SSSR count). The first-order valence-electron chi connectivity index (χ1n) is 12.0. The average molecular weight is 444 g/mol. The summed E-state index contributed by atoms with van der Waals surface area (Å²) in [5, 5.41) is 2.64. The fourth-order valence-electron chi connectivity index (χ4n) is 5.25. The number of rotatable bonds is 8. The standard InChI is InChI=1S/C26H37NO3S/c1-20(2)31(28)27-24(13-14-25-29-17-8-18-30-25)26(15-6-3-7-16-26)23-12-11-21-9-4-5-10-22(21)19-23/h4-5,9-12,19-20,24-25,27H,3,6-8,13-18H2,1-2H3/t24?,31-/m1/s1. The fourth-order valence-corrected chi connectivity index (χ4v) is 6.15. The van der Waals surface area contributed by atoms with Crippen LogP contribution in [0.4, 0.5) is 0 Å². The number of hydrogen-bond acceptors (Lipinski definition) is 3. The third kappa shape index (κ3) is 5.39. The van der Waals surface area contributed by atoms with Crippen LogP contribution in [0.5, 0.6) is 0 Å². The van der Waals surface area contributed by atoms with Crippen molar-refractivity contribution in [2.24, 2.45) is 0 Å². The summed E-state index contributed by atoms with van der Waals surface area (Å²) in [5.74, 6) is 0. The van der Waals surface area contributed by atoms with Gasteiger partial charge in [0.2, 0.25) is 0 Å². The molecule has 4 nitrogen and oxygen atoms in total. The molecule has 1 aliphatic carbocycles. The second-order valence-corrected chi connectivity index (χ2v) is 11.2. The lowest BCUT2D eigenvalue weighted by molar-refractivity contribution is -0.182. The lowest BCUT2D eigenvalue weighted by Crippen LogP contribution is -2.51. The van der Waals surface area contributed by atoms with Crippen LogP contribution >= 0.6 is 0 Å². The quantitative estimate of drug-likeness (QED) is 0.576. The van der Waals surface area contributed by atoms with Gasteiger partial charge in [-0.2, -0.15) is 0 Å². The van der Waals surface area contributed by atoms with Crippen molar-refractivity contribution in [3.05, 3.63) is 48.0 Å². The van der Waals surface area contributed by atoms with Gasteiger partial charge in [0.25, 0.3) is 0 Å². The highest BCUT2D eigenvalue weighted by molar-refractivity contribution is 7.83. The molecule has 170 valence electrons. The van der Waals surface area contributed by atoms with Crippen molar-refractivity contribution in [3.8, 4) is 0 Å². The number of ether oxygens (including phenoxy) is 2. The van der Waals surface area contributed by atoms with Crippen LogP contribution in [0.15, 0.2) is 42.5 Å². The summed E-state index contributed by atoms with van der Waals surface area (Å²) in [5.41, 5.74) is 1.37. The molecule has 1 heterocycles. The number of nitrogens with one attached hydrogen (secondary N) is 1. The Labute approximate surface area is 189 Å². The van der Waals surface area contributed by atoms with Crippen molar-refractivity contribution in [1.29, 1.82) is 0 Å². The monoisotopic (exact) mass is 443 g/mol. The minimum Gasteiger partial charge on any atom is -0.353 e. The van der Waals surface area contributed by atoms with Crippen LogP contribution in [0.25, 0.3) is 10.8 Å². The minimum absolute atomic E-state index is 0.0124. The summed E-state index contributed by atoms with van der Waals surface area (Å²) in [6.45, 7) is 5.60. The molecule has 2 atom stereocenters. The van der Waals surface area contributed by atoms with Gasteiger partial charge in [0.1, 0.15) is 0 Å². The summed E-state index contributed by atoms with van der Waals surface area (Å²) in [7, 11) is -1.07. The average Bonchev–Trinajstić information content (AvgIpc) is 2.82.